The lowest BCUT2D eigenvalue weighted by molar-refractivity contribution is -0.148. The van der Waals surface area contributed by atoms with Gasteiger partial charge in [0, 0.05) is 0 Å². The molecule has 1 aliphatic heterocycles. The van der Waals surface area contributed by atoms with Gasteiger partial charge in [0.05, 0.1) is 5.41 Å². The van der Waals surface area contributed by atoms with Gasteiger partial charge in [0.2, 0.25) is 0 Å². The molecule has 1 aliphatic rings. The number of carbonyl (C=O) groups is 1. The Morgan fingerprint density at radius 3 is 2.56 bits per heavy atom. The molecule has 1 heterocycles. The average Bonchev–Trinajstić information content (AvgIpc) is 2.65. The van der Waals surface area contributed by atoms with Gasteiger partial charge in [-0.25, -0.2) is 0 Å². The first-order chi connectivity index (χ1) is 12.1. The van der Waals surface area contributed by atoms with Crippen LogP contribution in [0.15, 0.2) is 54.6 Å². The predicted molar refractivity (Wildman–Crippen MR) is 96.9 cm³/mol. The second-order valence-corrected chi connectivity index (χ2v) is 6.39. The highest BCUT2D eigenvalue weighted by Gasteiger charge is 2.32. The second kappa shape index (κ2) is 7.43. The van der Waals surface area contributed by atoms with Gasteiger partial charge in [-0.15, -0.1) is 0 Å². The summed E-state index contributed by atoms with van der Waals surface area (Å²) in [6, 6.07) is 15.5. The molecule has 3 rings (SSSR count). The molecule has 130 valence electrons. The fourth-order valence-corrected chi connectivity index (χ4v) is 2.60. The number of hydrogen-bond acceptors (Lipinski definition) is 4. The van der Waals surface area contributed by atoms with E-state index < -0.39 is 5.41 Å². The highest BCUT2D eigenvalue weighted by atomic mass is 16.6. The molecular weight excluding hydrogens is 316 g/mol. The third-order valence-electron chi connectivity index (χ3n) is 4.19. The molecule has 4 nitrogen and oxygen atoms in total. The van der Waals surface area contributed by atoms with Crippen LogP contribution in [0, 0.1) is 0 Å². The molecular formula is C21H22O4. The van der Waals surface area contributed by atoms with Crippen LogP contribution >= 0.6 is 0 Å². The van der Waals surface area contributed by atoms with E-state index in [-0.39, 0.29) is 12.6 Å². The van der Waals surface area contributed by atoms with Crippen molar-refractivity contribution in [1.82, 2.24) is 0 Å². The van der Waals surface area contributed by atoms with Crippen molar-refractivity contribution in [1.29, 1.82) is 0 Å². The molecule has 0 aromatic heterocycles. The van der Waals surface area contributed by atoms with Gasteiger partial charge in [0.1, 0.15) is 19.8 Å². The third kappa shape index (κ3) is 4.02. The number of fused-ring (bicyclic) bond motifs is 1. The Balaban J connectivity index is 1.63. The number of benzene rings is 2. The molecule has 0 bridgehead atoms. The topological polar surface area (TPSA) is 44.8 Å². The van der Waals surface area contributed by atoms with Crippen LogP contribution in [0.4, 0.5) is 0 Å². The number of ether oxygens (including phenoxy) is 3. The van der Waals surface area contributed by atoms with Crippen LogP contribution < -0.4 is 9.47 Å². The van der Waals surface area contributed by atoms with Crippen LogP contribution in [0.5, 0.6) is 11.5 Å². The van der Waals surface area contributed by atoms with Crippen LogP contribution in [0.2, 0.25) is 0 Å². The smallest absolute Gasteiger partial charge is 0.316 e. The second-order valence-electron chi connectivity index (χ2n) is 6.39. The minimum absolute atomic E-state index is 0.238. The maximum Gasteiger partial charge on any atom is 0.316 e. The Morgan fingerprint density at radius 1 is 1.08 bits per heavy atom. The summed E-state index contributed by atoms with van der Waals surface area (Å²) in [6.45, 7) is 5.00. The van der Waals surface area contributed by atoms with Gasteiger partial charge in [-0.3, -0.25) is 4.79 Å². The number of carbonyl (C=O) groups excluding carboxylic acids is 1. The minimum Gasteiger partial charge on any atom is -0.486 e. The summed E-state index contributed by atoms with van der Waals surface area (Å²) in [6.07, 6.45) is 3.78. The van der Waals surface area contributed by atoms with E-state index in [0.29, 0.717) is 24.7 Å². The van der Waals surface area contributed by atoms with Crippen molar-refractivity contribution >= 4 is 12.0 Å². The van der Waals surface area contributed by atoms with Gasteiger partial charge in [-0.2, -0.15) is 0 Å². The largest absolute Gasteiger partial charge is 0.486 e. The quantitative estimate of drug-likeness (QED) is 0.773. The van der Waals surface area contributed by atoms with Gasteiger partial charge < -0.3 is 14.2 Å². The van der Waals surface area contributed by atoms with E-state index >= 15 is 0 Å². The molecule has 0 saturated heterocycles. The van der Waals surface area contributed by atoms with Crippen molar-refractivity contribution in [3.63, 3.8) is 0 Å². The SMILES string of the molecule is CC(C)(C(=O)OC/C=C/c1ccccc1)c1ccc2c(c1)OCCO2. The highest BCUT2D eigenvalue weighted by molar-refractivity contribution is 5.82. The first-order valence-corrected chi connectivity index (χ1v) is 8.36. The van der Waals surface area contributed by atoms with Gasteiger partial charge in [-0.1, -0.05) is 42.5 Å². The summed E-state index contributed by atoms with van der Waals surface area (Å²) in [5, 5.41) is 0. The molecule has 0 saturated carbocycles. The van der Waals surface area contributed by atoms with E-state index in [1.165, 1.54) is 0 Å². The molecule has 0 atom stereocenters. The normalized spacial score (nSPS) is 13.7. The fourth-order valence-electron chi connectivity index (χ4n) is 2.60. The average molecular weight is 338 g/mol. The zero-order chi connectivity index (χ0) is 17.7. The lowest BCUT2D eigenvalue weighted by atomic mass is 9.84. The van der Waals surface area contributed by atoms with Crippen molar-refractivity contribution < 1.29 is 19.0 Å². The number of esters is 1. The summed E-state index contributed by atoms with van der Waals surface area (Å²) < 4.78 is 16.6. The molecule has 2 aromatic carbocycles. The van der Waals surface area contributed by atoms with Crippen molar-refractivity contribution in [3.05, 3.63) is 65.7 Å². The standard InChI is InChI=1S/C21H22O4/c1-21(2,17-10-11-18-19(15-17)24-14-13-23-18)20(22)25-12-6-9-16-7-4-3-5-8-16/h3-11,15H,12-14H2,1-2H3/b9-6+. The highest BCUT2D eigenvalue weighted by Crippen LogP contribution is 2.35. The van der Waals surface area contributed by atoms with Crippen LogP contribution in [0.1, 0.15) is 25.0 Å². The van der Waals surface area contributed by atoms with E-state index in [2.05, 4.69) is 0 Å². The molecule has 2 aromatic rings. The monoisotopic (exact) mass is 338 g/mol. The molecule has 0 fully saturated rings. The van der Waals surface area contributed by atoms with Crippen LogP contribution in [0.25, 0.3) is 6.08 Å². The molecule has 25 heavy (non-hydrogen) atoms. The summed E-state index contributed by atoms with van der Waals surface area (Å²) in [4.78, 5) is 12.5. The van der Waals surface area contributed by atoms with Gasteiger partial charge in [-0.05, 0) is 43.2 Å². The lowest BCUT2D eigenvalue weighted by Crippen LogP contribution is -2.31. The molecule has 0 amide bonds. The maximum absolute atomic E-state index is 12.5. The van der Waals surface area contributed by atoms with E-state index in [4.69, 9.17) is 14.2 Å². The maximum atomic E-state index is 12.5. The van der Waals surface area contributed by atoms with Crippen molar-refractivity contribution in [2.24, 2.45) is 0 Å². The Labute approximate surface area is 148 Å². The molecule has 0 radical (unpaired) electrons. The third-order valence-corrected chi connectivity index (χ3v) is 4.19. The molecule has 4 heteroatoms. The van der Waals surface area contributed by atoms with Gasteiger partial charge in [0.25, 0.3) is 0 Å². The van der Waals surface area contributed by atoms with Crippen LogP contribution in [0.3, 0.4) is 0 Å². The van der Waals surface area contributed by atoms with E-state index in [1.54, 1.807) is 0 Å². The molecule has 0 N–H and O–H groups in total. The molecule has 0 aliphatic carbocycles. The Morgan fingerprint density at radius 2 is 1.80 bits per heavy atom. The number of hydrogen-bond donors (Lipinski definition) is 0. The van der Waals surface area contributed by atoms with Crippen molar-refractivity contribution in [3.8, 4) is 11.5 Å². The zero-order valence-corrected chi connectivity index (χ0v) is 14.5. The molecule has 0 spiro atoms. The van der Waals surface area contributed by atoms with Crippen molar-refractivity contribution in [2.75, 3.05) is 19.8 Å². The van der Waals surface area contributed by atoms with E-state index in [1.807, 2.05) is 74.5 Å². The zero-order valence-electron chi connectivity index (χ0n) is 14.5. The Kier molecular flexibility index (Phi) is 5.08. The predicted octanol–water partition coefficient (Wildman–Crippen LogP) is 3.99. The summed E-state index contributed by atoms with van der Waals surface area (Å²) in [5.74, 6) is 1.11. The fraction of sp³-hybridized carbons (Fsp3) is 0.286. The minimum atomic E-state index is -0.767. The first kappa shape index (κ1) is 17.1. The Bertz CT molecular complexity index is 763. The van der Waals surface area contributed by atoms with Crippen LogP contribution in [-0.2, 0) is 14.9 Å². The van der Waals surface area contributed by atoms with E-state index in [0.717, 1.165) is 11.1 Å². The van der Waals surface area contributed by atoms with Gasteiger partial charge in [0.15, 0.2) is 11.5 Å². The lowest BCUT2D eigenvalue weighted by Gasteiger charge is -2.25. The summed E-state index contributed by atoms with van der Waals surface area (Å²) in [7, 11) is 0. The number of rotatable bonds is 5. The van der Waals surface area contributed by atoms with Crippen LogP contribution in [-0.4, -0.2) is 25.8 Å². The molecule has 0 unspecified atom stereocenters. The van der Waals surface area contributed by atoms with E-state index in [9.17, 15) is 4.79 Å². The first-order valence-electron chi connectivity index (χ1n) is 8.36. The summed E-state index contributed by atoms with van der Waals surface area (Å²) >= 11 is 0. The van der Waals surface area contributed by atoms with Crippen molar-refractivity contribution in [2.45, 2.75) is 19.3 Å². The van der Waals surface area contributed by atoms with Gasteiger partial charge >= 0.3 is 5.97 Å². The Hall–Kier alpha value is -2.75. The summed E-state index contributed by atoms with van der Waals surface area (Å²) in [5.41, 5.74) is 1.15.